The minimum atomic E-state index is -4.79. The van der Waals surface area contributed by atoms with E-state index < -0.39 is 24.6 Å². The summed E-state index contributed by atoms with van der Waals surface area (Å²) in [6.07, 6.45) is -2.99. The van der Waals surface area contributed by atoms with Crippen LogP contribution in [-0.2, 0) is 4.79 Å². The van der Waals surface area contributed by atoms with Crippen LogP contribution in [0.5, 0.6) is 16.7 Å². The lowest BCUT2D eigenvalue weighted by atomic mass is 10.3. The van der Waals surface area contributed by atoms with Gasteiger partial charge in [-0.1, -0.05) is 11.3 Å². The lowest BCUT2D eigenvalue weighted by Gasteiger charge is -2.12. The number of alkyl halides is 3. The zero-order valence-corrected chi connectivity index (χ0v) is 18.0. The third-order valence-electron chi connectivity index (χ3n) is 3.18. The molecule has 0 saturated heterocycles. The van der Waals surface area contributed by atoms with E-state index in [9.17, 15) is 18.0 Å². The number of rotatable bonds is 11. The van der Waals surface area contributed by atoms with Crippen molar-refractivity contribution in [2.45, 2.75) is 12.8 Å². The Hall–Kier alpha value is -2.78. The third-order valence-corrected chi connectivity index (χ3v) is 4.77. The number of amidine groups is 1. The molecule has 1 aromatic carbocycles. The number of aromatic nitrogens is 1. The monoisotopic (exact) mass is 527 g/mol. The van der Waals surface area contributed by atoms with Gasteiger partial charge in [-0.25, -0.2) is 15.9 Å². The van der Waals surface area contributed by atoms with Crippen molar-refractivity contribution < 1.29 is 37.3 Å². The van der Waals surface area contributed by atoms with E-state index >= 15 is 0 Å². The van der Waals surface area contributed by atoms with E-state index in [1.807, 2.05) is 0 Å². The van der Waals surface area contributed by atoms with Crippen LogP contribution in [0.15, 0.2) is 34.0 Å². The number of hydrogen-bond donors (Lipinski definition) is 3. The summed E-state index contributed by atoms with van der Waals surface area (Å²) in [5, 5.41) is 13.3. The maximum atomic E-state index is 12.3. The molecule has 0 saturated carbocycles. The average Bonchev–Trinajstić information content (AvgIpc) is 3.11. The van der Waals surface area contributed by atoms with Gasteiger partial charge in [0.05, 0.1) is 28.8 Å². The summed E-state index contributed by atoms with van der Waals surface area (Å²) in [6.45, 7) is -0.153. The molecule has 1 aromatic heterocycles. The lowest BCUT2D eigenvalue weighted by molar-refractivity contribution is -0.274. The van der Waals surface area contributed by atoms with Crippen molar-refractivity contribution in [2.24, 2.45) is 16.7 Å². The zero-order chi connectivity index (χ0) is 23.0. The standard InChI is InChI=1S/C16H17BrF3N5O5S/c17-10-3-2-9(30-16(18,19)20)6-11(10)28-4-1-5-29-15-23-7-12(31-15)14(21)24-25(22)8-13(26)27/h2-3,6-7H,1,4-5,8,22H2,(H2,21,24)(H,26,27). The zero-order valence-electron chi connectivity index (χ0n) is 15.6. The second-order valence-corrected chi connectivity index (χ2v) is 7.51. The Labute approximate surface area is 186 Å². The van der Waals surface area contributed by atoms with E-state index in [0.717, 1.165) is 23.5 Å². The van der Waals surface area contributed by atoms with E-state index in [1.165, 1.54) is 12.3 Å². The molecule has 1 heterocycles. The van der Waals surface area contributed by atoms with Crippen LogP contribution in [0.4, 0.5) is 13.2 Å². The van der Waals surface area contributed by atoms with Gasteiger partial charge < -0.3 is 25.1 Å². The van der Waals surface area contributed by atoms with E-state index in [2.05, 4.69) is 30.8 Å². The fourth-order valence-electron chi connectivity index (χ4n) is 2.00. The smallest absolute Gasteiger partial charge is 0.492 e. The van der Waals surface area contributed by atoms with Gasteiger partial charge in [-0.05, 0) is 28.1 Å². The normalized spacial score (nSPS) is 11.8. The van der Waals surface area contributed by atoms with Crippen LogP contribution < -0.4 is 25.8 Å². The predicted molar refractivity (Wildman–Crippen MR) is 108 cm³/mol. The summed E-state index contributed by atoms with van der Waals surface area (Å²) >= 11 is 4.27. The molecule has 15 heteroatoms. The average molecular weight is 528 g/mol. The van der Waals surface area contributed by atoms with Gasteiger partial charge in [0, 0.05) is 12.5 Å². The molecule has 0 aliphatic carbocycles. The highest BCUT2D eigenvalue weighted by atomic mass is 79.9. The number of nitrogens with zero attached hydrogens (tertiary/aromatic N) is 3. The molecule has 0 aliphatic rings. The number of aliphatic carboxylic acids is 1. The number of carbonyl (C=O) groups is 1. The number of ether oxygens (including phenoxy) is 3. The molecule has 0 spiro atoms. The van der Waals surface area contributed by atoms with Gasteiger partial charge in [0.2, 0.25) is 0 Å². The van der Waals surface area contributed by atoms with Crippen molar-refractivity contribution in [3.8, 4) is 16.7 Å². The number of nitrogens with two attached hydrogens (primary N) is 2. The van der Waals surface area contributed by atoms with E-state index in [1.54, 1.807) is 0 Å². The van der Waals surface area contributed by atoms with Crippen LogP contribution in [0, 0.1) is 0 Å². The van der Waals surface area contributed by atoms with Gasteiger partial charge >= 0.3 is 12.3 Å². The first-order chi connectivity index (χ1) is 14.5. The number of hydrazine groups is 1. The highest BCUT2D eigenvalue weighted by Crippen LogP contribution is 2.32. The van der Waals surface area contributed by atoms with Crippen LogP contribution >= 0.6 is 27.3 Å². The quantitative estimate of drug-likeness (QED) is 0.132. The third kappa shape index (κ3) is 8.85. The van der Waals surface area contributed by atoms with Crippen LogP contribution in [0.25, 0.3) is 0 Å². The Balaban J connectivity index is 1.79. The Morgan fingerprint density at radius 3 is 2.71 bits per heavy atom. The highest BCUT2D eigenvalue weighted by Gasteiger charge is 2.31. The van der Waals surface area contributed by atoms with Gasteiger partial charge in [-0.3, -0.25) is 4.79 Å². The maximum absolute atomic E-state index is 12.3. The van der Waals surface area contributed by atoms with Crippen LogP contribution in [0.2, 0.25) is 0 Å². The number of benzene rings is 1. The van der Waals surface area contributed by atoms with Crippen molar-refractivity contribution in [3.63, 3.8) is 0 Å². The molecule has 31 heavy (non-hydrogen) atoms. The van der Waals surface area contributed by atoms with Gasteiger partial charge in [0.1, 0.15) is 11.5 Å². The second-order valence-electron chi connectivity index (χ2n) is 5.66. The Kier molecular flexibility index (Phi) is 8.70. The highest BCUT2D eigenvalue weighted by molar-refractivity contribution is 9.10. The van der Waals surface area contributed by atoms with E-state index in [0.29, 0.717) is 20.9 Å². The molecule has 0 aliphatic heterocycles. The number of carboxylic acid groups (broad SMARTS) is 1. The maximum Gasteiger partial charge on any atom is 0.573 e. The molecule has 10 nitrogen and oxygen atoms in total. The number of hydrogen-bond acceptors (Lipinski definition) is 9. The number of halogens is 4. The first kappa shape index (κ1) is 24.5. The summed E-state index contributed by atoms with van der Waals surface area (Å²) < 4.78 is 52.2. The predicted octanol–water partition coefficient (Wildman–Crippen LogP) is 2.53. The number of carboxylic acids is 1. The van der Waals surface area contributed by atoms with Crippen molar-refractivity contribution in [1.29, 1.82) is 0 Å². The topological polar surface area (TPSA) is 146 Å². The molecule has 0 radical (unpaired) electrons. The van der Waals surface area contributed by atoms with Crippen molar-refractivity contribution in [2.75, 3.05) is 19.8 Å². The summed E-state index contributed by atoms with van der Waals surface area (Å²) in [4.78, 5) is 15.0. The van der Waals surface area contributed by atoms with Gasteiger partial charge in [-0.15, -0.1) is 18.3 Å². The van der Waals surface area contributed by atoms with Crippen molar-refractivity contribution >= 4 is 39.1 Å². The van der Waals surface area contributed by atoms with Crippen molar-refractivity contribution in [1.82, 2.24) is 10.1 Å². The van der Waals surface area contributed by atoms with Crippen LogP contribution in [0.1, 0.15) is 11.3 Å². The van der Waals surface area contributed by atoms with Crippen LogP contribution in [0.3, 0.4) is 0 Å². The minimum absolute atomic E-state index is 0.0229. The molecule has 0 atom stereocenters. The summed E-state index contributed by atoms with van der Waals surface area (Å²) in [6, 6.07) is 3.67. The van der Waals surface area contributed by atoms with E-state index in [-0.39, 0.29) is 30.0 Å². The molecule has 5 N–H and O–H groups in total. The molecular formula is C16H17BrF3N5O5S. The van der Waals surface area contributed by atoms with Gasteiger partial charge in [0.15, 0.2) is 12.4 Å². The molecule has 0 unspecified atom stereocenters. The number of hydrazone groups is 1. The molecule has 2 rings (SSSR count). The van der Waals surface area contributed by atoms with Gasteiger partial charge in [-0.2, -0.15) is 0 Å². The molecule has 0 amide bonds. The molecule has 0 bridgehead atoms. The molecular weight excluding hydrogens is 511 g/mol. The molecule has 0 fully saturated rings. The van der Waals surface area contributed by atoms with E-state index in [4.69, 9.17) is 26.2 Å². The fourth-order valence-corrected chi connectivity index (χ4v) is 3.04. The fraction of sp³-hybridized carbons (Fsp3) is 0.312. The number of thiazole rings is 1. The Morgan fingerprint density at radius 1 is 1.32 bits per heavy atom. The SMILES string of the molecule is N/C(=N\N(N)CC(=O)O)c1cnc(OCCCOc2cc(OC(F)(F)F)ccc2Br)s1. The first-order valence-corrected chi connectivity index (χ1v) is 9.99. The largest absolute Gasteiger partial charge is 0.573 e. The first-order valence-electron chi connectivity index (χ1n) is 8.38. The van der Waals surface area contributed by atoms with Gasteiger partial charge in [0.25, 0.3) is 5.19 Å². The van der Waals surface area contributed by atoms with Crippen molar-refractivity contribution in [3.05, 3.63) is 33.7 Å². The second kappa shape index (κ2) is 11.0. The minimum Gasteiger partial charge on any atom is -0.492 e. The molecule has 2 aromatic rings. The molecule has 170 valence electrons. The lowest BCUT2D eigenvalue weighted by Crippen LogP contribution is -2.33. The summed E-state index contributed by atoms with van der Waals surface area (Å²) in [7, 11) is 0. The van der Waals surface area contributed by atoms with Crippen LogP contribution in [-0.4, -0.2) is 53.1 Å². The Morgan fingerprint density at radius 2 is 2.03 bits per heavy atom. The Bertz CT molecular complexity index is 927. The summed E-state index contributed by atoms with van der Waals surface area (Å²) in [5.74, 6) is 4.00. The summed E-state index contributed by atoms with van der Waals surface area (Å²) in [5.41, 5.74) is 5.74.